The van der Waals surface area contributed by atoms with Gasteiger partial charge in [0.05, 0.1) is 16.9 Å². The molecule has 3 aromatic rings. The third kappa shape index (κ3) is 5.11. The van der Waals surface area contributed by atoms with Crippen LogP contribution in [-0.2, 0) is 9.59 Å². The molecule has 0 atom stereocenters. The summed E-state index contributed by atoms with van der Waals surface area (Å²) in [4.78, 5) is 24.0. The molecule has 2 N–H and O–H groups in total. The van der Waals surface area contributed by atoms with Crippen molar-refractivity contribution in [3.63, 3.8) is 0 Å². The molecule has 0 aliphatic carbocycles. The Labute approximate surface area is 192 Å². The second kappa shape index (κ2) is 9.47. The first-order valence-electron chi connectivity index (χ1n) is 8.80. The normalized spacial score (nSPS) is 11.0. The van der Waals surface area contributed by atoms with Crippen molar-refractivity contribution in [2.75, 3.05) is 5.32 Å². The number of rotatable bonds is 4. The van der Waals surface area contributed by atoms with Gasteiger partial charge in [0.2, 0.25) is 0 Å². The first-order valence-corrected chi connectivity index (χ1v) is 10.4. The summed E-state index contributed by atoms with van der Waals surface area (Å²) in [6, 6.07) is 14.0. The highest BCUT2D eigenvalue weighted by Gasteiger charge is 2.14. The molecule has 0 radical (unpaired) electrons. The molecular weight excluding hydrogens is 491 g/mol. The molecule has 3 rings (SSSR count). The number of anilines is 1. The Balaban J connectivity index is 1.70. The number of halogens is 3. The van der Waals surface area contributed by atoms with Gasteiger partial charge in [0.25, 0.3) is 0 Å². The fourth-order valence-corrected chi connectivity index (χ4v) is 3.64. The molecule has 0 unspecified atom stereocenters. The summed E-state index contributed by atoms with van der Waals surface area (Å²) in [6.45, 7) is 3.83. The molecule has 1 heterocycles. The van der Waals surface area contributed by atoms with Gasteiger partial charge in [-0.05, 0) is 62.4 Å². The monoisotopic (exact) mass is 506 g/mol. The van der Waals surface area contributed by atoms with Crippen molar-refractivity contribution in [1.29, 1.82) is 0 Å². The third-order valence-corrected chi connectivity index (χ3v) is 5.37. The van der Waals surface area contributed by atoms with Crippen molar-refractivity contribution >= 4 is 62.8 Å². The van der Waals surface area contributed by atoms with Gasteiger partial charge in [0.15, 0.2) is 0 Å². The van der Waals surface area contributed by atoms with Crippen LogP contribution in [0.4, 0.5) is 5.69 Å². The van der Waals surface area contributed by atoms with Crippen LogP contribution in [0.3, 0.4) is 0 Å². The lowest BCUT2D eigenvalue weighted by molar-refractivity contribution is -0.136. The summed E-state index contributed by atoms with van der Waals surface area (Å²) >= 11 is 15.6. The van der Waals surface area contributed by atoms with Crippen LogP contribution in [0.1, 0.15) is 17.0 Å². The summed E-state index contributed by atoms with van der Waals surface area (Å²) in [5.74, 6) is -1.68. The number of hydrazone groups is 1. The highest BCUT2D eigenvalue weighted by molar-refractivity contribution is 9.10. The average Bonchev–Trinajstić information content (AvgIpc) is 2.97. The molecule has 0 saturated heterocycles. The molecule has 2 amide bonds. The Bertz CT molecular complexity index is 1140. The maximum Gasteiger partial charge on any atom is 0.329 e. The second-order valence-electron chi connectivity index (χ2n) is 6.42. The fraction of sp³-hybridized carbons (Fsp3) is 0.0952. The predicted molar refractivity (Wildman–Crippen MR) is 124 cm³/mol. The molecule has 30 heavy (non-hydrogen) atoms. The number of nitrogens with zero attached hydrogens (tertiary/aromatic N) is 2. The zero-order chi connectivity index (χ0) is 21.8. The standard InChI is InChI=1S/C21H17BrCl2N4O2/c1-12-9-14(13(2)28(12)19-8-5-16(23)10-18(19)24)11-25-27-21(30)20(29)26-17-6-3-15(22)4-7-17/h3-11H,1-2H3,(H,26,29)(H,27,30)/b25-11+. The van der Waals surface area contributed by atoms with E-state index < -0.39 is 11.8 Å². The van der Waals surface area contributed by atoms with Crippen LogP contribution in [0.15, 0.2) is 58.1 Å². The summed E-state index contributed by atoms with van der Waals surface area (Å²) in [5.41, 5.74) is 6.09. The Morgan fingerprint density at radius 1 is 1.03 bits per heavy atom. The number of aryl methyl sites for hydroxylation is 1. The van der Waals surface area contributed by atoms with E-state index in [0.717, 1.165) is 27.1 Å². The maximum atomic E-state index is 12.0. The molecule has 0 fully saturated rings. The number of amides is 2. The van der Waals surface area contributed by atoms with E-state index in [1.165, 1.54) is 6.21 Å². The van der Waals surface area contributed by atoms with Gasteiger partial charge in [0.1, 0.15) is 0 Å². The molecule has 0 aliphatic rings. The van der Waals surface area contributed by atoms with Gasteiger partial charge >= 0.3 is 11.8 Å². The summed E-state index contributed by atoms with van der Waals surface area (Å²) < 4.78 is 2.83. The van der Waals surface area contributed by atoms with E-state index in [-0.39, 0.29) is 0 Å². The zero-order valence-electron chi connectivity index (χ0n) is 16.0. The van der Waals surface area contributed by atoms with Gasteiger partial charge in [-0.1, -0.05) is 39.1 Å². The highest BCUT2D eigenvalue weighted by Crippen LogP contribution is 2.28. The lowest BCUT2D eigenvalue weighted by atomic mass is 10.2. The van der Waals surface area contributed by atoms with Gasteiger partial charge in [-0.3, -0.25) is 9.59 Å². The Morgan fingerprint density at radius 3 is 2.40 bits per heavy atom. The Hall–Kier alpha value is -2.61. The smallest absolute Gasteiger partial charge is 0.318 e. The molecule has 154 valence electrons. The first kappa shape index (κ1) is 22.1. The van der Waals surface area contributed by atoms with Crippen LogP contribution in [0.2, 0.25) is 10.0 Å². The number of hydrogen-bond acceptors (Lipinski definition) is 3. The number of carbonyl (C=O) groups excluding carboxylic acids is 2. The van der Waals surface area contributed by atoms with Gasteiger partial charge < -0.3 is 9.88 Å². The number of aromatic nitrogens is 1. The molecule has 0 bridgehead atoms. The van der Waals surface area contributed by atoms with Crippen molar-refractivity contribution < 1.29 is 9.59 Å². The molecule has 0 spiro atoms. The number of hydrogen-bond donors (Lipinski definition) is 2. The van der Waals surface area contributed by atoms with E-state index in [2.05, 4.69) is 31.8 Å². The zero-order valence-corrected chi connectivity index (χ0v) is 19.1. The SMILES string of the molecule is Cc1cc(/C=N/NC(=O)C(=O)Nc2ccc(Br)cc2)c(C)n1-c1ccc(Cl)cc1Cl. The van der Waals surface area contributed by atoms with E-state index in [1.807, 2.05) is 30.5 Å². The van der Waals surface area contributed by atoms with Crippen molar-refractivity contribution in [3.8, 4) is 5.69 Å². The summed E-state index contributed by atoms with van der Waals surface area (Å²) in [5, 5.41) is 7.47. The van der Waals surface area contributed by atoms with Gasteiger partial charge in [-0.2, -0.15) is 5.10 Å². The largest absolute Gasteiger partial charge is 0.329 e. The minimum absolute atomic E-state index is 0.505. The fourth-order valence-electron chi connectivity index (χ4n) is 2.88. The lowest BCUT2D eigenvalue weighted by Crippen LogP contribution is -2.32. The molecule has 9 heteroatoms. The van der Waals surface area contributed by atoms with Crippen LogP contribution in [0, 0.1) is 13.8 Å². The van der Waals surface area contributed by atoms with Crippen molar-refractivity contribution in [2.45, 2.75) is 13.8 Å². The van der Waals surface area contributed by atoms with E-state index in [4.69, 9.17) is 23.2 Å². The van der Waals surface area contributed by atoms with Crippen LogP contribution in [0.25, 0.3) is 5.69 Å². The minimum atomic E-state index is -0.872. The van der Waals surface area contributed by atoms with Crippen molar-refractivity contribution in [1.82, 2.24) is 9.99 Å². The topological polar surface area (TPSA) is 75.5 Å². The third-order valence-electron chi connectivity index (χ3n) is 4.30. The molecule has 0 saturated carbocycles. The lowest BCUT2D eigenvalue weighted by Gasteiger charge is -2.11. The van der Waals surface area contributed by atoms with Crippen LogP contribution in [-0.4, -0.2) is 22.6 Å². The Kier molecular flexibility index (Phi) is 6.97. The van der Waals surface area contributed by atoms with E-state index in [0.29, 0.717) is 15.7 Å². The molecular formula is C21H17BrCl2N4O2. The van der Waals surface area contributed by atoms with Crippen LogP contribution < -0.4 is 10.7 Å². The number of carbonyl (C=O) groups is 2. The number of benzene rings is 2. The van der Waals surface area contributed by atoms with Crippen LogP contribution >= 0.6 is 39.1 Å². The molecule has 6 nitrogen and oxygen atoms in total. The van der Waals surface area contributed by atoms with Crippen LogP contribution in [0.5, 0.6) is 0 Å². The summed E-state index contributed by atoms with van der Waals surface area (Å²) in [6.07, 6.45) is 1.48. The van der Waals surface area contributed by atoms with E-state index in [1.54, 1.807) is 36.4 Å². The second-order valence-corrected chi connectivity index (χ2v) is 8.18. The first-order chi connectivity index (χ1) is 14.3. The van der Waals surface area contributed by atoms with Crippen molar-refractivity contribution in [3.05, 3.63) is 80.0 Å². The molecule has 0 aliphatic heterocycles. The van der Waals surface area contributed by atoms with E-state index >= 15 is 0 Å². The Morgan fingerprint density at radius 2 is 1.73 bits per heavy atom. The highest BCUT2D eigenvalue weighted by atomic mass is 79.9. The quantitative estimate of drug-likeness (QED) is 0.287. The van der Waals surface area contributed by atoms with Gasteiger partial charge in [0, 0.05) is 32.1 Å². The van der Waals surface area contributed by atoms with Gasteiger partial charge in [-0.25, -0.2) is 5.43 Å². The van der Waals surface area contributed by atoms with Gasteiger partial charge in [-0.15, -0.1) is 0 Å². The summed E-state index contributed by atoms with van der Waals surface area (Å²) in [7, 11) is 0. The van der Waals surface area contributed by atoms with E-state index in [9.17, 15) is 9.59 Å². The van der Waals surface area contributed by atoms with Crippen molar-refractivity contribution in [2.24, 2.45) is 5.10 Å². The maximum absolute atomic E-state index is 12.0. The molecule has 2 aromatic carbocycles. The predicted octanol–water partition coefficient (Wildman–Crippen LogP) is 5.25. The number of nitrogens with one attached hydrogen (secondary N) is 2. The minimum Gasteiger partial charge on any atom is -0.318 e. The average molecular weight is 508 g/mol. The molecule has 1 aromatic heterocycles.